The van der Waals surface area contributed by atoms with Crippen LogP contribution in [0.4, 0.5) is 5.69 Å². The molecule has 234 valence electrons. The maximum atomic E-state index is 13.1. The fraction of sp³-hybridized carbons (Fsp3) is 0.382. The molecule has 0 bridgehead atoms. The number of anilines is 1. The molecule has 1 saturated carbocycles. The van der Waals surface area contributed by atoms with Crippen molar-refractivity contribution >= 4 is 40.3 Å². The van der Waals surface area contributed by atoms with Crippen molar-refractivity contribution in [3.8, 4) is 11.3 Å². The Bertz CT molecular complexity index is 1890. The van der Waals surface area contributed by atoms with E-state index >= 15 is 0 Å². The molecular formula is C34H34N8O4. The third-order valence-corrected chi connectivity index (χ3v) is 9.86. The van der Waals surface area contributed by atoms with E-state index < -0.39 is 23.8 Å². The Morgan fingerprint density at radius 2 is 1.78 bits per heavy atom. The molecule has 1 atom stereocenters. The Morgan fingerprint density at radius 3 is 2.59 bits per heavy atom. The zero-order valence-electron chi connectivity index (χ0n) is 25.2. The summed E-state index contributed by atoms with van der Waals surface area (Å²) in [5, 5.41) is 13.6. The number of rotatable bonds is 9. The van der Waals surface area contributed by atoms with Gasteiger partial charge in [-0.05, 0) is 73.9 Å². The Hall–Kier alpha value is -4.97. The van der Waals surface area contributed by atoms with Gasteiger partial charge in [0.15, 0.2) is 0 Å². The van der Waals surface area contributed by atoms with Crippen LogP contribution in [0.5, 0.6) is 0 Å². The van der Waals surface area contributed by atoms with Gasteiger partial charge in [0.1, 0.15) is 6.04 Å². The van der Waals surface area contributed by atoms with E-state index in [4.69, 9.17) is 4.98 Å². The fourth-order valence-corrected chi connectivity index (χ4v) is 6.97. The molecule has 1 unspecified atom stereocenters. The van der Waals surface area contributed by atoms with E-state index in [2.05, 4.69) is 55.1 Å². The van der Waals surface area contributed by atoms with Crippen LogP contribution in [0.2, 0.25) is 0 Å². The highest BCUT2D eigenvalue weighted by Gasteiger charge is 2.44. The first-order valence-corrected chi connectivity index (χ1v) is 16.0. The predicted molar refractivity (Wildman–Crippen MR) is 169 cm³/mol. The number of aromatic nitrogens is 4. The molecule has 4 aromatic rings. The number of piperidine rings is 1. The number of benzene rings is 2. The summed E-state index contributed by atoms with van der Waals surface area (Å²) in [4.78, 5) is 60.3. The van der Waals surface area contributed by atoms with Crippen molar-refractivity contribution in [2.45, 2.75) is 56.5 Å². The molecule has 12 heteroatoms. The van der Waals surface area contributed by atoms with Gasteiger partial charge in [0.25, 0.3) is 11.8 Å². The van der Waals surface area contributed by atoms with Crippen LogP contribution in [0.3, 0.4) is 0 Å². The van der Waals surface area contributed by atoms with Gasteiger partial charge < -0.3 is 10.6 Å². The van der Waals surface area contributed by atoms with Crippen molar-refractivity contribution in [3.05, 3.63) is 71.7 Å². The van der Waals surface area contributed by atoms with Crippen LogP contribution in [-0.4, -0.2) is 74.0 Å². The average molecular weight is 619 g/mol. The van der Waals surface area contributed by atoms with Crippen molar-refractivity contribution in [2.75, 3.05) is 25.0 Å². The average Bonchev–Trinajstić information content (AvgIpc) is 3.58. The number of fused-ring (bicyclic) bond motifs is 2. The van der Waals surface area contributed by atoms with Gasteiger partial charge in [-0.1, -0.05) is 6.07 Å². The Morgan fingerprint density at radius 1 is 0.935 bits per heavy atom. The van der Waals surface area contributed by atoms with Crippen LogP contribution < -0.4 is 16.0 Å². The summed E-state index contributed by atoms with van der Waals surface area (Å²) in [5.41, 5.74) is 6.27. The summed E-state index contributed by atoms with van der Waals surface area (Å²) < 4.78 is 2.06. The third kappa shape index (κ3) is 5.12. The molecule has 3 aliphatic heterocycles. The van der Waals surface area contributed by atoms with Crippen molar-refractivity contribution < 1.29 is 19.2 Å². The molecule has 3 N–H and O–H groups in total. The highest BCUT2D eigenvalue weighted by Crippen LogP contribution is 2.40. The molecule has 1 aliphatic carbocycles. The first-order chi connectivity index (χ1) is 22.4. The minimum atomic E-state index is -0.962. The SMILES string of the molecule is O=C1CCC(N2C(=O)c3ccc(NCCCC4CC(n5cc(-c6cnc7ccc(C8CNC8)cc7n6)cn5)C4)cc3C2=O)C(=O)N1. The lowest BCUT2D eigenvalue weighted by Gasteiger charge is -2.35. The van der Waals surface area contributed by atoms with Crippen LogP contribution >= 0.6 is 0 Å². The molecule has 4 aliphatic rings. The summed E-state index contributed by atoms with van der Waals surface area (Å²) in [6.45, 7) is 2.77. The van der Waals surface area contributed by atoms with Crippen LogP contribution in [0.15, 0.2) is 55.0 Å². The van der Waals surface area contributed by atoms with E-state index in [0.717, 1.165) is 78.2 Å². The molecule has 3 fully saturated rings. The first-order valence-electron chi connectivity index (χ1n) is 16.0. The van der Waals surface area contributed by atoms with Gasteiger partial charge in [0.05, 0.1) is 46.3 Å². The summed E-state index contributed by atoms with van der Waals surface area (Å²) in [6.07, 6.45) is 10.2. The standard InChI is InChI=1S/C34H34N8O4/c43-31-8-7-30(32(44)40-31)42-33(45)25-5-4-23(13-26(25)34(42)46)36-9-1-2-19-10-24(11-19)41-18-22(16-38-41)29-17-37-27-6-3-20(12-28(27)39-29)21-14-35-15-21/h3-6,12-13,16-19,21,24,30,35-36H,1-2,7-11,14-15H2,(H,40,43,44). The number of hydrogen-bond donors (Lipinski definition) is 3. The van der Waals surface area contributed by atoms with Gasteiger partial charge in [-0.2, -0.15) is 5.10 Å². The van der Waals surface area contributed by atoms with Gasteiger partial charge >= 0.3 is 0 Å². The third-order valence-electron chi connectivity index (χ3n) is 9.86. The minimum absolute atomic E-state index is 0.0985. The second-order valence-corrected chi connectivity index (χ2v) is 12.8. The van der Waals surface area contributed by atoms with Gasteiger partial charge in [0, 0.05) is 49.4 Å². The molecule has 2 saturated heterocycles. The Balaban J connectivity index is 0.819. The van der Waals surface area contributed by atoms with Gasteiger partial charge in [-0.15, -0.1) is 0 Å². The van der Waals surface area contributed by atoms with Gasteiger partial charge in [-0.3, -0.25) is 39.1 Å². The maximum absolute atomic E-state index is 13.1. The van der Waals surface area contributed by atoms with E-state index in [-0.39, 0.29) is 29.9 Å². The van der Waals surface area contributed by atoms with Crippen molar-refractivity contribution in [1.82, 2.24) is 35.3 Å². The van der Waals surface area contributed by atoms with E-state index in [1.165, 1.54) is 5.56 Å². The van der Waals surface area contributed by atoms with Crippen molar-refractivity contribution in [2.24, 2.45) is 5.92 Å². The summed E-state index contributed by atoms with van der Waals surface area (Å²) in [5.74, 6) is -0.808. The second kappa shape index (κ2) is 11.4. The maximum Gasteiger partial charge on any atom is 0.262 e. The molecule has 0 spiro atoms. The second-order valence-electron chi connectivity index (χ2n) is 12.8. The molecular weight excluding hydrogens is 584 g/mol. The number of amides is 4. The zero-order chi connectivity index (χ0) is 31.4. The zero-order valence-corrected chi connectivity index (χ0v) is 25.2. The number of nitrogens with zero attached hydrogens (tertiary/aromatic N) is 5. The number of carbonyl (C=O) groups excluding carboxylic acids is 4. The lowest BCUT2D eigenvalue weighted by Crippen LogP contribution is -2.54. The first kappa shape index (κ1) is 28.5. The lowest BCUT2D eigenvalue weighted by atomic mass is 9.77. The van der Waals surface area contributed by atoms with Gasteiger partial charge in [-0.25, -0.2) is 4.98 Å². The molecule has 0 radical (unpaired) electrons. The van der Waals surface area contributed by atoms with Gasteiger partial charge in [0.2, 0.25) is 11.8 Å². The normalized spacial score (nSPS) is 22.9. The van der Waals surface area contributed by atoms with Crippen LogP contribution in [0.25, 0.3) is 22.3 Å². The largest absolute Gasteiger partial charge is 0.385 e. The molecule has 2 aromatic heterocycles. The van der Waals surface area contributed by atoms with E-state index in [9.17, 15) is 19.2 Å². The molecule has 8 rings (SSSR count). The summed E-state index contributed by atoms with van der Waals surface area (Å²) in [7, 11) is 0. The number of imide groups is 2. The van der Waals surface area contributed by atoms with Crippen LogP contribution in [-0.2, 0) is 9.59 Å². The highest BCUT2D eigenvalue weighted by atomic mass is 16.2. The van der Waals surface area contributed by atoms with Crippen LogP contribution in [0, 0.1) is 5.92 Å². The highest BCUT2D eigenvalue weighted by molar-refractivity contribution is 6.23. The molecule has 5 heterocycles. The van der Waals surface area contributed by atoms with Crippen molar-refractivity contribution in [1.29, 1.82) is 0 Å². The fourth-order valence-electron chi connectivity index (χ4n) is 6.97. The quantitative estimate of drug-likeness (QED) is 0.189. The molecule has 2 aromatic carbocycles. The summed E-state index contributed by atoms with van der Waals surface area (Å²) >= 11 is 0. The van der Waals surface area contributed by atoms with Crippen molar-refractivity contribution in [3.63, 3.8) is 0 Å². The van der Waals surface area contributed by atoms with E-state index in [1.54, 1.807) is 18.2 Å². The smallest absolute Gasteiger partial charge is 0.262 e. The Labute approximate surface area is 265 Å². The Kier molecular flexibility index (Phi) is 7.08. The number of carbonyl (C=O) groups is 4. The van der Waals surface area contributed by atoms with E-state index in [1.807, 2.05) is 12.4 Å². The predicted octanol–water partition coefficient (Wildman–Crippen LogP) is 3.42. The molecule has 4 amide bonds. The van der Waals surface area contributed by atoms with E-state index in [0.29, 0.717) is 17.9 Å². The monoisotopic (exact) mass is 618 g/mol. The molecule has 12 nitrogen and oxygen atoms in total. The summed E-state index contributed by atoms with van der Waals surface area (Å²) in [6, 6.07) is 10.9. The lowest BCUT2D eigenvalue weighted by molar-refractivity contribution is -0.136. The van der Waals surface area contributed by atoms with Crippen LogP contribution in [0.1, 0.15) is 76.8 Å². The number of nitrogens with one attached hydrogen (secondary N) is 3. The topological polar surface area (TPSA) is 151 Å². The number of hydrogen-bond acceptors (Lipinski definition) is 9. The minimum Gasteiger partial charge on any atom is -0.385 e. The molecule has 46 heavy (non-hydrogen) atoms.